The van der Waals surface area contributed by atoms with E-state index in [-0.39, 0.29) is 119 Å². The Balaban J connectivity index is 0.00000338. The molecule has 13 nitrogen and oxygen atoms in total. The molecule has 2 radical (unpaired) electrons. The number of hydrogen-bond donors (Lipinski definition) is 5. The fourth-order valence-electron chi connectivity index (χ4n) is 9.33. The molecule has 274 valence electrons. The molecule has 2 bridgehead atoms. The standard InChI is InChI=1S/C35H51NO12.2Ac/c1-17-20(47-28(40)26(38)24(19-12-11-13-45-19)36-29(41)48-30(3,4)5)15-34(42)18(2)33(9)32(8,27(39)25(37)23(17)31(34,6)7)21(44-10)14-22-35(33,43)16-46-22;;/h11-13,18,20-22,24-26,37-38,42-43H,14-16H2,1-10H3,(H,36,41);;/t18-,20?,21?,22?,24?,25?,26?,32-,33?,34?,35?;;/m0../s1. The summed E-state index contributed by atoms with van der Waals surface area (Å²) in [5.41, 5.74) is -7.77. The van der Waals surface area contributed by atoms with Crippen LogP contribution in [0.2, 0.25) is 0 Å². The van der Waals surface area contributed by atoms with Crippen LogP contribution in [-0.2, 0) is 28.5 Å². The number of nitrogens with one attached hydrogen (secondary N) is 1. The number of rotatable bonds is 6. The van der Waals surface area contributed by atoms with Gasteiger partial charge in [-0.15, -0.1) is 0 Å². The molecule has 1 amide bonds. The molecule has 2 heterocycles. The second-order valence-electron chi connectivity index (χ2n) is 15.9. The second kappa shape index (κ2) is 15.0. The SMILES string of the molecule is COC1CC2OCC2(O)C2(C)[C@H](C)C3(O)CC(OC(=O)C(O)C(NC(=O)OC(C)(C)C)c4ccco4)C(C)=C(C(O)C(=O)[C@]12C)C3(C)C.[Ac].[Ac]. The van der Waals surface area contributed by atoms with Gasteiger partial charge in [-0.2, -0.15) is 0 Å². The number of ketones is 1. The van der Waals surface area contributed by atoms with Crippen LogP contribution in [0.3, 0.4) is 0 Å². The molecular weight excluding hydrogens is 1080 g/mol. The maximum Gasteiger partial charge on any atom is 0.408 e. The Morgan fingerprint density at radius 3 is 2.22 bits per heavy atom. The summed E-state index contributed by atoms with van der Waals surface area (Å²) in [7, 11) is 1.47. The van der Waals surface area contributed by atoms with Crippen LogP contribution in [0.1, 0.15) is 87.0 Å². The fraction of sp³-hybridized carbons (Fsp3) is 0.743. The molecule has 1 aliphatic heterocycles. The van der Waals surface area contributed by atoms with Gasteiger partial charge >= 0.3 is 12.1 Å². The fourth-order valence-corrected chi connectivity index (χ4v) is 9.33. The second-order valence-corrected chi connectivity index (χ2v) is 15.9. The van der Waals surface area contributed by atoms with Crippen molar-refractivity contribution in [2.45, 2.75) is 129 Å². The zero-order chi connectivity index (χ0) is 36.0. The first-order valence-electron chi connectivity index (χ1n) is 16.5. The van der Waals surface area contributed by atoms with Crippen molar-refractivity contribution in [3.05, 3.63) is 35.3 Å². The van der Waals surface area contributed by atoms with E-state index in [4.69, 9.17) is 23.4 Å². The summed E-state index contributed by atoms with van der Waals surface area (Å²) >= 11 is 0. The van der Waals surface area contributed by atoms with Gasteiger partial charge in [0.1, 0.15) is 35.2 Å². The molecule has 3 fully saturated rings. The maximum absolute atomic E-state index is 14.7. The Morgan fingerprint density at radius 1 is 1.10 bits per heavy atom. The minimum Gasteiger partial charge on any atom is -0.467 e. The first kappa shape index (κ1) is 44.5. The molecule has 5 N–H and O–H groups in total. The Bertz CT molecular complexity index is 1490. The number of amides is 1. The van der Waals surface area contributed by atoms with Crippen molar-refractivity contribution in [2.75, 3.05) is 13.7 Å². The van der Waals surface area contributed by atoms with Crippen molar-refractivity contribution < 1.29 is 146 Å². The van der Waals surface area contributed by atoms with Gasteiger partial charge in [0.15, 0.2) is 11.9 Å². The molecule has 2 saturated carbocycles. The first-order valence-corrected chi connectivity index (χ1v) is 16.5. The number of carbonyl (C=O) groups is 3. The molecule has 11 atom stereocenters. The van der Waals surface area contributed by atoms with Gasteiger partial charge in [0.05, 0.1) is 36.1 Å². The number of alkyl carbamates (subject to hydrolysis) is 1. The topological polar surface area (TPSA) is 194 Å². The maximum atomic E-state index is 14.7. The average Bonchev–Trinajstić information content (AvgIpc) is 3.53. The molecule has 1 aromatic rings. The van der Waals surface area contributed by atoms with Crippen LogP contribution in [0, 0.1) is 110 Å². The van der Waals surface area contributed by atoms with Gasteiger partial charge in [-0.1, -0.05) is 27.7 Å². The van der Waals surface area contributed by atoms with Crippen LogP contribution in [0.15, 0.2) is 34.0 Å². The van der Waals surface area contributed by atoms with Crippen molar-refractivity contribution >= 4 is 17.8 Å². The Labute approximate surface area is 365 Å². The van der Waals surface area contributed by atoms with Gasteiger partial charge < -0.3 is 49.1 Å². The van der Waals surface area contributed by atoms with E-state index in [1.54, 1.807) is 62.3 Å². The number of aliphatic hydroxyl groups is 4. The van der Waals surface area contributed by atoms with Crippen LogP contribution < -0.4 is 5.32 Å². The summed E-state index contributed by atoms with van der Waals surface area (Å²) in [6, 6.07) is 1.60. The van der Waals surface area contributed by atoms with Crippen molar-refractivity contribution in [2.24, 2.45) is 22.2 Å². The number of Topliss-reactive ketones (excluding diaryl/α,β-unsaturated/α-hetero) is 1. The molecule has 4 aliphatic rings. The molecule has 9 unspecified atom stereocenters. The van der Waals surface area contributed by atoms with Crippen LogP contribution in [0.4, 0.5) is 4.79 Å². The molecule has 50 heavy (non-hydrogen) atoms. The van der Waals surface area contributed by atoms with Gasteiger partial charge in [-0.25, -0.2) is 9.59 Å². The molecule has 3 aliphatic carbocycles. The summed E-state index contributed by atoms with van der Waals surface area (Å²) in [5, 5.41) is 51.0. The van der Waals surface area contributed by atoms with Crippen molar-refractivity contribution in [3.8, 4) is 0 Å². The van der Waals surface area contributed by atoms with E-state index in [0.717, 1.165) is 0 Å². The van der Waals surface area contributed by atoms with E-state index >= 15 is 0 Å². The monoisotopic (exact) mass is 1130 g/mol. The van der Waals surface area contributed by atoms with Crippen molar-refractivity contribution in [3.63, 3.8) is 0 Å². The van der Waals surface area contributed by atoms with Gasteiger partial charge in [0.25, 0.3) is 0 Å². The van der Waals surface area contributed by atoms with Crippen LogP contribution in [-0.4, -0.2) is 99.3 Å². The predicted octanol–water partition coefficient (Wildman–Crippen LogP) is 2.74. The van der Waals surface area contributed by atoms with E-state index in [2.05, 4.69) is 5.32 Å². The number of esters is 1. The summed E-state index contributed by atoms with van der Waals surface area (Å²) in [4.78, 5) is 41.0. The van der Waals surface area contributed by atoms with E-state index in [9.17, 15) is 34.8 Å². The Hall–Kier alpha value is 0.0731. The van der Waals surface area contributed by atoms with Crippen LogP contribution in [0.25, 0.3) is 0 Å². The van der Waals surface area contributed by atoms with E-state index in [1.165, 1.54) is 25.5 Å². The van der Waals surface area contributed by atoms with E-state index in [0.29, 0.717) is 5.57 Å². The third-order valence-corrected chi connectivity index (χ3v) is 12.5. The zero-order valence-corrected chi connectivity index (χ0v) is 40.1. The number of ether oxygens (including phenoxy) is 4. The Morgan fingerprint density at radius 2 is 1.72 bits per heavy atom. The normalized spacial score (nSPS) is 38.7. The third-order valence-electron chi connectivity index (χ3n) is 12.5. The minimum atomic E-state index is -1.98. The number of hydrogen-bond acceptors (Lipinski definition) is 12. The van der Waals surface area contributed by atoms with Crippen LogP contribution >= 0.6 is 0 Å². The summed E-state index contributed by atoms with van der Waals surface area (Å²) in [6.45, 7) is 15.2. The number of carbonyl (C=O) groups excluding carboxylic acids is 3. The third kappa shape index (κ3) is 6.49. The quantitative estimate of drug-likeness (QED) is 0.207. The summed E-state index contributed by atoms with van der Waals surface area (Å²) in [5.74, 6) is -2.53. The van der Waals surface area contributed by atoms with Gasteiger partial charge in [0.2, 0.25) is 0 Å². The van der Waals surface area contributed by atoms with Gasteiger partial charge in [-0.05, 0) is 63.8 Å². The van der Waals surface area contributed by atoms with Crippen molar-refractivity contribution in [1.82, 2.24) is 5.32 Å². The van der Waals surface area contributed by atoms with Crippen LogP contribution in [0.5, 0.6) is 0 Å². The molecule has 15 heteroatoms. The molecule has 5 rings (SSSR count). The summed E-state index contributed by atoms with van der Waals surface area (Å²) < 4.78 is 28.3. The van der Waals surface area contributed by atoms with E-state index < -0.39 is 93.4 Å². The van der Waals surface area contributed by atoms with E-state index in [1.807, 2.05) is 0 Å². The zero-order valence-electron chi connectivity index (χ0n) is 30.6. The molecule has 1 saturated heterocycles. The molecular formula is C35H51Ac2NO12. The molecule has 1 aromatic heterocycles. The largest absolute Gasteiger partial charge is 0.467 e. The number of fused-ring (bicyclic) bond motifs is 5. The molecule has 0 spiro atoms. The predicted molar refractivity (Wildman–Crippen MR) is 169 cm³/mol. The smallest absolute Gasteiger partial charge is 0.408 e. The molecule has 0 aromatic carbocycles. The number of furan rings is 1. The summed E-state index contributed by atoms with van der Waals surface area (Å²) in [6.07, 6.45) is -5.91. The Kier molecular flexibility index (Phi) is 13.3. The van der Waals surface area contributed by atoms with Gasteiger partial charge in [0, 0.05) is 119 Å². The number of methoxy groups -OCH3 is 1. The van der Waals surface area contributed by atoms with Crippen molar-refractivity contribution in [1.29, 1.82) is 0 Å². The first-order chi connectivity index (χ1) is 22.0. The number of aliphatic hydroxyl groups excluding tert-OH is 2. The van der Waals surface area contributed by atoms with Gasteiger partial charge in [-0.3, -0.25) is 4.79 Å². The minimum absolute atomic E-state index is 0. The average molecular weight is 1130 g/mol.